The molecule has 1 heterocycles. The van der Waals surface area contributed by atoms with Gasteiger partial charge in [0.25, 0.3) is 0 Å². The number of aliphatic hydroxyl groups is 1. The Morgan fingerprint density at radius 1 is 1.45 bits per heavy atom. The molecule has 1 aliphatic heterocycles. The average molecular weight is 319 g/mol. The predicted molar refractivity (Wildman–Crippen MR) is 80.2 cm³/mol. The highest BCUT2D eigenvalue weighted by molar-refractivity contribution is 8.01. The van der Waals surface area contributed by atoms with Crippen molar-refractivity contribution in [1.29, 1.82) is 0 Å². The summed E-state index contributed by atoms with van der Waals surface area (Å²) in [4.78, 5) is 1.73. The van der Waals surface area contributed by atoms with E-state index in [1.807, 2.05) is 0 Å². The van der Waals surface area contributed by atoms with Crippen molar-refractivity contribution < 1.29 is 17.9 Å². The van der Waals surface area contributed by atoms with Crippen LogP contribution in [0.5, 0.6) is 0 Å². The first kappa shape index (κ1) is 15.6. The second-order valence-corrected chi connectivity index (χ2v) is 8.25. The van der Waals surface area contributed by atoms with Gasteiger partial charge in [0.05, 0.1) is 6.61 Å². The van der Waals surface area contributed by atoms with Gasteiger partial charge in [-0.2, -0.15) is 11.8 Å². The van der Waals surface area contributed by atoms with Gasteiger partial charge in [0.1, 0.15) is 11.2 Å². The summed E-state index contributed by atoms with van der Waals surface area (Å²) in [7, 11) is -3.23. The van der Waals surface area contributed by atoms with Gasteiger partial charge in [0.2, 0.25) is 0 Å². The fourth-order valence-electron chi connectivity index (χ4n) is 2.26. The summed E-state index contributed by atoms with van der Waals surface area (Å²) in [6.07, 6.45) is 0. The monoisotopic (exact) mass is 319 g/mol. The van der Waals surface area contributed by atoms with Crippen molar-refractivity contribution >= 4 is 27.3 Å². The van der Waals surface area contributed by atoms with E-state index in [-0.39, 0.29) is 12.4 Å². The summed E-state index contributed by atoms with van der Waals surface area (Å²) in [6, 6.07) is 4.23. The van der Waals surface area contributed by atoms with E-state index in [0.717, 1.165) is 5.75 Å². The normalized spacial score (nSPS) is 20.1. The van der Waals surface area contributed by atoms with Crippen LogP contribution in [-0.4, -0.2) is 42.7 Å². The number of nitrogens with zero attached hydrogens (tertiary/aromatic N) is 1. The number of sulfone groups is 1. The molecule has 7 heteroatoms. The molecule has 1 fully saturated rings. The van der Waals surface area contributed by atoms with Crippen LogP contribution in [0.4, 0.5) is 10.1 Å². The van der Waals surface area contributed by atoms with E-state index in [1.165, 1.54) is 12.1 Å². The standard InChI is InChI=1S/C13H18FNO3S2/c1-2-20(17,18)13-9-19-4-3-15(13)12-6-10(8-16)5-11(14)7-12/h5-7,13,16H,2-4,8-9H2,1H3. The minimum atomic E-state index is -3.23. The fraction of sp³-hybridized carbons (Fsp3) is 0.538. The number of hydrogen-bond acceptors (Lipinski definition) is 5. The third kappa shape index (κ3) is 3.27. The van der Waals surface area contributed by atoms with E-state index < -0.39 is 21.0 Å². The van der Waals surface area contributed by atoms with Crippen molar-refractivity contribution in [2.75, 3.05) is 28.7 Å². The molecule has 1 aliphatic rings. The number of hydrogen-bond donors (Lipinski definition) is 1. The molecule has 1 unspecified atom stereocenters. The highest BCUT2D eigenvalue weighted by Crippen LogP contribution is 2.28. The molecule has 4 nitrogen and oxygen atoms in total. The maximum absolute atomic E-state index is 13.6. The molecular formula is C13H18FNO3S2. The Bertz CT molecular complexity index is 577. The van der Waals surface area contributed by atoms with Crippen molar-refractivity contribution in [3.8, 4) is 0 Å². The minimum Gasteiger partial charge on any atom is -0.392 e. The summed E-state index contributed by atoms with van der Waals surface area (Å²) in [5, 5.41) is 8.52. The highest BCUT2D eigenvalue weighted by atomic mass is 32.2. The van der Waals surface area contributed by atoms with E-state index in [4.69, 9.17) is 5.11 Å². The SMILES string of the molecule is CCS(=O)(=O)C1CSCCN1c1cc(F)cc(CO)c1. The van der Waals surface area contributed by atoms with Gasteiger partial charge in [-0.05, 0) is 23.8 Å². The van der Waals surface area contributed by atoms with Gasteiger partial charge in [-0.15, -0.1) is 0 Å². The lowest BCUT2D eigenvalue weighted by Crippen LogP contribution is -2.48. The second kappa shape index (κ2) is 6.32. The molecule has 0 saturated carbocycles. The first-order valence-electron chi connectivity index (χ1n) is 6.44. The maximum Gasteiger partial charge on any atom is 0.171 e. The lowest BCUT2D eigenvalue weighted by molar-refractivity contribution is 0.281. The molecule has 0 aliphatic carbocycles. The zero-order chi connectivity index (χ0) is 14.8. The summed E-state index contributed by atoms with van der Waals surface area (Å²) in [6.45, 7) is 1.92. The van der Waals surface area contributed by atoms with Gasteiger partial charge in [-0.3, -0.25) is 0 Å². The van der Waals surface area contributed by atoms with Crippen LogP contribution in [-0.2, 0) is 16.4 Å². The van der Waals surface area contributed by atoms with Crippen LogP contribution < -0.4 is 4.90 Å². The van der Waals surface area contributed by atoms with E-state index in [0.29, 0.717) is 23.5 Å². The lowest BCUT2D eigenvalue weighted by atomic mass is 10.2. The molecule has 1 aromatic rings. The average Bonchev–Trinajstić information content (AvgIpc) is 2.46. The molecule has 1 atom stereocenters. The van der Waals surface area contributed by atoms with Crippen LogP contribution >= 0.6 is 11.8 Å². The van der Waals surface area contributed by atoms with Gasteiger partial charge in [0, 0.05) is 29.5 Å². The highest BCUT2D eigenvalue weighted by Gasteiger charge is 2.33. The number of benzene rings is 1. The Hall–Kier alpha value is -0.790. The zero-order valence-corrected chi connectivity index (χ0v) is 12.9. The Morgan fingerprint density at radius 3 is 2.85 bits per heavy atom. The summed E-state index contributed by atoms with van der Waals surface area (Å²) < 4.78 is 37.9. The van der Waals surface area contributed by atoms with E-state index in [9.17, 15) is 12.8 Å². The van der Waals surface area contributed by atoms with E-state index >= 15 is 0 Å². The third-order valence-corrected chi connectivity index (χ3v) is 6.65. The van der Waals surface area contributed by atoms with Crippen molar-refractivity contribution in [2.45, 2.75) is 18.9 Å². The molecular weight excluding hydrogens is 301 g/mol. The Balaban J connectivity index is 2.40. The summed E-state index contributed by atoms with van der Waals surface area (Å²) in [5.41, 5.74) is 0.974. The Labute approximate surface area is 122 Å². The first-order chi connectivity index (χ1) is 9.47. The molecule has 20 heavy (non-hydrogen) atoms. The molecule has 0 bridgehead atoms. The molecule has 1 saturated heterocycles. The lowest BCUT2D eigenvalue weighted by Gasteiger charge is -2.36. The molecule has 0 radical (unpaired) electrons. The number of anilines is 1. The second-order valence-electron chi connectivity index (χ2n) is 4.65. The number of aliphatic hydroxyl groups excluding tert-OH is 1. The maximum atomic E-state index is 13.6. The fourth-order valence-corrected chi connectivity index (χ4v) is 5.25. The van der Waals surface area contributed by atoms with Crippen LogP contribution in [0.25, 0.3) is 0 Å². The van der Waals surface area contributed by atoms with Crippen molar-refractivity contribution in [3.05, 3.63) is 29.6 Å². The van der Waals surface area contributed by atoms with Gasteiger partial charge in [-0.25, -0.2) is 12.8 Å². The summed E-state index contributed by atoms with van der Waals surface area (Å²) >= 11 is 1.59. The number of rotatable bonds is 4. The van der Waals surface area contributed by atoms with Gasteiger partial charge in [-0.1, -0.05) is 6.92 Å². The molecule has 2 rings (SSSR count). The van der Waals surface area contributed by atoms with Crippen molar-refractivity contribution in [3.63, 3.8) is 0 Å². The van der Waals surface area contributed by atoms with Crippen LogP contribution in [0.2, 0.25) is 0 Å². The largest absolute Gasteiger partial charge is 0.392 e. The first-order valence-corrected chi connectivity index (χ1v) is 9.31. The number of halogens is 1. The zero-order valence-electron chi connectivity index (χ0n) is 11.3. The third-order valence-electron chi connectivity index (χ3n) is 3.36. The Kier molecular flexibility index (Phi) is 4.93. The van der Waals surface area contributed by atoms with Gasteiger partial charge < -0.3 is 10.0 Å². The van der Waals surface area contributed by atoms with Crippen LogP contribution in [0.1, 0.15) is 12.5 Å². The number of thioether (sulfide) groups is 1. The topological polar surface area (TPSA) is 57.6 Å². The molecule has 0 aromatic heterocycles. The molecule has 0 spiro atoms. The quantitative estimate of drug-likeness (QED) is 0.914. The van der Waals surface area contributed by atoms with E-state index in [1.54, 1.807) is 29.7 Å². The molecule has 0 amide bonds. The minimum absolute atomic E-state index is 0.0664. The van der Waals surface area contributed by atoms with Gasteiger partial charge >= 0.3 is 0 Å². The van der Waals surface area contributed by atoms with E-state index in [2.05, 4.69) is 0 Å². The Morgan fingerprint density at radius 2 is 2.20 bits per heavy atom. The predicted octanol–water partition coefficient (Wildman–Crippen LogP) is 1.63. The van der Waals surface area contributed by atoms with Gasteiger partial charge in [0.15, 0.2) is 9.84 Å². The van der Waals surface area contributed by atoms with Crippen molar-refractivity contribution in [1.82, 2.24) is 0 Å². The van der Waals surface area contributed by atoms with Crippen molar-refractivity contribution in [2.24, 2.45) is 0 Å². The van der Waals surface area contributed by atoms with Crippen LogP contribution in [0.15, 0.2) is 18.2 Å². The summed E-state index contributed by atoms with van der Waals surface area (Å²) in [5.74, 6) is 0.899. The van der Waals surface area contributed by atoms with Crippen LogP contribution in [0, 0.1) is 5.82 Å². The molecule has 1 aromatic carbocycles. The molecule has 1 N–H and O–H groups in total. The smallest absolute Gasteiger partial charge is 0.171 e. The molecule has 112 valence electrons. The van der Waals surface area contributed by atoms with Crippen LogP contribution in [0.3, 0.4) is 0 Å².